The molecule has 2 aliphatic heterocycles. The standard InChI is InChI=1S/C39H42O4.C12H22Si2/c1-3-5-11-27-21-29(17-19-37(27)42-25-31-23-40-31)39(35-15-9-7-13-33(35)34-14-8-10-16-36(34)39)30-18-20-38(43-26-32-24-41-32)28(22-30)12-6-4-2;1-13(2,3)11-7-9-12(10-8-11)14(4,5)6/h7-10,13-22,31-32H,3-6,11-12,23-26H2,1-2H3;7-10H,1-6H3. The highest BCUT2D eigenvalue weighted by atomic mass is 28.3. The van der Waals surface area contributed by atoms with Crippen LogP contribution >= 0.6 is 0 Å². The number of rotatable bonds is 16. The molecule has 2 fully saturated rings. The summed E-state index contributed by atoms with van der Waals surface area (Å²) in [5, 5.41) is 3.14. The molecule has 2 saturated heterocycles. The molecule has 0 N–H and O–H groups in total. The fourth-order valence-electron chi connectivity index (χ4n) is 8.22. The summed E-state index contributed by atoms with van der Waals surface area (Å²) < 4.78 is 23.6. The van der Waals surface area contributed by atoms with Crippen LogP contribution in [0.4, 0.5) is 0 Å². The third-order valence-electron chi connectivity index (χ3n) is 11.8. The number of benzene rings is 5. The predicted molar refractivity (Wildman–Crippen MR) is 244 cm³/mol. The van der Waals surface area contributed by atoms with Gasteiger partial charge in [0.1, 0.15) is 36.9 Å². The molecule has 5 aromatic rings. The second-order valence-electron chi connectivity index (χ2n) is 18.3. The summed E-state index contributed by atoms with van der Waals surface area (Å²) in [5.41, 5.74) is 9.94. The molecule has 2 heterocycles. The first-order chi connectivity index (χ1) is 27.4. The van der Waals surface area contributed by atoms with Crippen LogP contribution in [0, 0.1) is 0 Å². The molecule has 0 radical (unpaired) electrons. The van der Waals surface area contributed by atoms with Gasteiger partial charge in [-0.05, 0) is 82.3 Å². The predicted octanol–water partition coefficient (Wildman–Crippen LogP) is 11.1. The third kappa shape index (κ3) is 9.36. The Morgan fingerprint density at radius 2 is 0.930 bits per heavy atom. The maximum absolute atomic E-state index is 6.33. The summed E-state index contributed by atoms with van der Waals surface area (Å²) in [6.45, 7) is 21.7. The minimum atomic E-state index is -1.10. The Kier molecular flexibility index (Phi) is 12.7. The SMILES string of the molecule is CCCCc1cc(C2(c3ccc(OCC4CO4)c(CCCC)c3)c3ccccc3-c3ccccc32)ccc1OCC1CO1.C[Si](C)(C)c1ccc([Si](C)(C)C)cc1. The van der Waals surface area contributed by atoms with Crippen LogP contribution in [-0.4, -0.2) is 54.8 Å². The molecule has 0 aromatic heterocycles. The lowest BCUT2D eigenvalue weighted by Gasteiger charge is -2.35. The lowest BCUT2D eigenvalue weighted by atomic mass is 9.67. The molecular weight excluding hydrogens is 733 g/mol. The van der Waals surface area contributed by atoms with Crippen molar-refractivity contribution in [1.82, 2.24) is 0 Å². The topological polar surface area (TPSA) is 43.5 Å². The quantitative estimate of drug-likeness (QED) is 0.0723. The molecule has 57 heavy (non-hydrogen) atoms. The van der Waals surface area contributed by atoms with E-state index in [0.29, 0.717) is 13.2 Å². The van der Waals surface area contributed by atoms with Gasteiger partial charge in [-0.1, -0.05) is 173 Å². The number of hydrogen-bond donors (Lipinski definition) is 0. The summed E-state index contributed by atoms with van der Waals surface area (Å²) in [4.78, 5) is 0. The molecule has 1 aliphatic carbocycles. The molecule has 0 bridgehead atoms. The highest BCUT2D eigenvalue weighted by molar-refractivity contribution is 6.90. The first-order valence-corrected chi connectivity index (χ1v) is 28.5. The largest absolute Gasteiger partial charge is 0.491 e. The molecule has 300 valence electrons. The third-order valence-corrected chi connectivity index (χ3v) is 15.9. The minimum Gasteiger partial charge on any atom is -0.491 e. The molecule has 6 heteroatoms. The Morgan fingerprint density at radius 1 is 0.544 bits per heavy atom. The number of epoxide rings is 2. The van der Waals surface area contributed by atoms with Crippen LogP contribution in [-0.2, 0) is 27.7 Å². The Hall–Kier alpha value is -3.95. The van der Waals surface area contributed by atoms with Crippen LogP contribution in [0.2, 0.25) is 39.3 Å². The Bertz CT molecular complexity index is 1970. The fourth-order valence-corrected chi connectivity index (χ4v) is 10.6. The summed E-state index contributed by atoms with van der Waals surface area (Å²) in [6, 6.07) is 41.2. The van der Waals surface area contributed by atoms with Gasteiger partial charge in [-0.2, -0.15) is 0 Å². The zero-order valence-electron chi connectivity index (χ0n) is 35.8. The Balaban J connectivity index is 0.000000301. The van der Waals surface area contributed by atoms with Crippen molar-refractivity contribution >= 4 is 26.5 Å². The number of hydrogen-bond acceptors (Lipinski definition) is 4. The van der Waals surface area contributed by atoms with Gasteiger partial charge in [0.05, 0.1) is 34.8 Å². The summed E-state index contributed by atoms with van der Waals surface area (Å²) in [7, 11) is -2.20. The molecule has 4 nitrogen and oxygen atoms in total. The summed E-state index contributed by atoms with van der Waals surface area (Å²) in [6.07, 6.45) is 6.96. The van der Waals surface area contributed by atoms with Crippen molar-refractivity contribution in [2.75, 3.05) is 26.4 Å². The number of ether oxygens (including phenoxy) is 4. The Labute approximate surface area is 345 Å². The number of aryl methyl sites for hydroxylation is 2. The van der Waals surface area contributed by atoms with E-state index in [2.05, 4.69) is 162 Å². The van der Waals surface area contributed by atoms with Crippen molar-refractivity contribution in [2.24, 2.45) is 0 Å². The minimum absolute atomic E-state index is 0.229. The van der Waals surface area contributed by atoms with Crippen LogP contribution in [0.3, 0.4) is 0 Å². The second-order valence-corrected chi connectivity index (χ2v) is 28.5. The van der Waals surface area contributed by atoms with Crippen molar-refractivity contribution in [1.29, 1.82) is 0 Å². The zero-order chi connectivity index (χ0) is 40.2. The van der Waals surface area contributed by atoms with Crippen molar-refractivity contribution in [3.63, 3.8) is 0 Å². The van der Waals surface area contributed by atoms with E-state index in [-0.39, 0.29) is 12.2 Å². The molecule has 0 saturated carbocycles. The Morgan fingerprint density at radius 3 is 1.28 bits per heavy atom. The van der Waals surface area contributed by atoms with Crippen LogP contribution < -0.4 is 19.8 Å². The monoisotopic (exact) mass is 796 g/mol. The van der Waals surface area contributed by atoms with Crippen molar-refractivity contribution in [2.45, 2.75) is 109 Å². The van der Waals surface area contributed by atoms with E-state index >= 15 is 0 Å². The number of fused-ring (bicyclic) bond motifs is 3. The fraction of sp³-hybridized carbons (Fsp3) is 0.412. The molecule has 0 spiro atoms. The highest BCUT2D eigenvalue weighted by Crippen LogP contribution is 2.56. The van der Waals surface area contributed by atoms with E-state index < -0.39 is 21.6 Å². The summed E-state index contributed by atoms with van der Waals surface area (Å²) >= 11 is 0. The van der Waals surface area contributed by atoms with E-state index in [1.807, 2.05) is 0 Å². The van der Waals surface area contributed by atoms with E-state index in [1.165, 1.54) is 44.5 Å². The van der Waals surface area contributed by atoms with Gasteiger partial charge in [0.2, 0.25) is 0 Å². The van der Waals surface area contributed by atoms with Gasteiger partial charge in [0.15, 0.2) is 0 Å². The average molecular weight is 797 g/mol. The molecule has 2 atom stereocenters. The van der Waals surface area contributed by atoms with Gasteiger partial charge in [-0.15, -0.1) is 0 Å². The second kappa shape index (κ2) is 17.5. The van der Waals surface area contributed by atoms with Gasteiger partial charge >= 0.3 is 0 Å². The van der Waals surface area contributed by atoms with Crippen molar-refractivity contribution in [3.8, 4) is 22.6 Å². The molecule has 2 unspecified atom stereocenters. The van der Waals surface area contributed by atoms with Crippen LogP contribution in [0.1, 0.15) is 72.9 Å². The van der Waals surface area contributed by atoms with Crippen molar-refractivity contribution < 1.29 is 18.9 Å². The highest BCUT2D eigenvalue weighted by Gasteiger charge is 2.46. The molecule has 8 rings (SSSR count). The van der Waals surface area contributed by atoms with E-state index in [0.717, 1.165) is 63.2 Å². The average Bonchev–Trinajstić information content (AvgIpc) is 4.16. The smallest absolute Gasteiger partial charge is 0.122 e. The molecule has 0 amide bonds. The van der Waals surface area contributed by atoms with E-state index in [9.17, 15) is 0 Å². The van der Waals surface area contributed by atoms with Gasteiger partial charge in [0.25, 0.3) is 0 Å². The van der Waals surface area contributed by atoms with Gasteiger partial charge in [-0.3, -0.25) is 0 Å². The van der Waals surface area contributed by atoms with E-state index in [4.69, 9.17) is 18.9 Å². The maximum atomic E-state index is 6.33. The molecule has 5 aromatic carbocycles. The zero-order valence-corrected chi connectivity index (χ0v) is 37.8. The molecule has 3 aliphatic rings. The van der Waals surface area contributed by atoms with E-state index in [1.54, 1.807) is 10.4 Å². The van der Waals surface area contributed by atoms with Crippen LogP contribution in [0.25, 0.3) is 11.1 Å². The molecular formula is C51H64O4Si2. The van der Waals surface area contributed by atoms with Crippen LogP contribution in [0.5, 0.6) is 11.5 Å². The first-order valence-electron chi connectivity index (χ1n) is 21.5. The number of unbranched alkanes of at least 4 members (excludes halogenated alkanes) is 2. The van der Waals surface area contributed by atoms with Crippen LogP contribution in [0.15, 0.2) is 109 Å². The lowest BCUT2D eigenvalue weighted by molar-refractivity contribution is 0.260. The lowest BCUT2D eigenvalue weighted by Crippen LogP contribution is -2.42. The van der Waals surface area contributed by atoms with Gasteiger partial charge < -0.3 is 18.9 Å². The maximum Gasteiger partial charge on any atom is 0.122 e. The van der Waals surface area contributed by atoms with Gasteiger partial charge in [-0.25, -0.2) is 0 Å². The normalized spacial score (nSPS) is 17.5. The van der Waals surface area contributed by atoms with Gasteiger partial charge in [0, 0.05) is 0 Å². The summed E-state index contributed by atoms with van der Waals surface area (Å²) in [5.74, 6) is 1.97. The van der Waals surface area contributed by atoms with Crippen molar-refractivity contribution in [3.05, 3.63) is 143 Å². The first kappa shape index (κ1) is 41.2.